The molecule has 25 heavy (non-hydrogen) atoms. The zero-order valence-corrected chi connectivity index (χ0v) is 14.8. The van der Waals surface area contributed by atoms with Crippen LogP contribution >= 0.6 is 11.8 Å². The predicted molar refractivity (Wildman–Crippen MR) is 99.9 cm³/mol. The maximum Gasteiger partial charge on any atom is 0.293 e. The second-order valence-corrected chi connectivity index (χ2v) is 6.34. The molecule has 0 aliphatic carbocycles. The molecule has 6 heteroatoms. The Morgan fingerprint density at radius 1 is 1.16 bits per heavy atom. The number of methoxy groups -OCH3 is 2. The van der Waals surface area contributed by atoms with Gasteiger partial charge < -0.3 is 9.47 Å². The molecule has 2 aromatic rings. The summed E-state index contributed by atoms with van der Waals surface area (Å²) in [5.41, 5.74) is 0.739. The van der Waals surface area contributed by atoms with Gasteiger partial charge in [0.1, 0.15) is 11.5 Å². The van der Waals surface area contributed by atoms with Crippen LogP contribution in [0.2, 0.25) is 0 Å². The fourth-order valence-corrected chi connectivity index (χ4v) is 3.50. The number of benzene rings is 2. The SMILES string of the molecule is C=CCN1C(=O)S/C(=C/c2c(OC)ccc3ccc(OC)cc23)C1=O. The summed E-state index contributed by atoms with van der Waals surface area (Å²) in [5.74, 6) is 1.00. The van der Waals surface area contributed by atoms with Gasteiger partial charge in [0.2, 0.25) is 0 Å². The number of hydrogen-bond donors (Lipinski definition) is 0. The number of rotatable bonds is 5. The Kier molecular flexibility index (Phi) is 4.81. The van der Waals surface area contributed by atoms with E-state index in [4.69, 9.17) is 9.47 Å². The van der Waals surface area contributed by atoms with Gasteiger partial charge in [-0.3, -0.25) is 14.5 Å². The van der Waals surface area contributed by atoms with Crippen LogP contribution in [0.4, 0.5) is 4.79 Å². The molecule has 1 aliphatic heterocycles. The quantitative estimate of drug-likeness (QED) is 0.597. The second-order valence-electron chi connectivity index (χ2n) is 5.35. The standard InChI is InChI=1S/C19H17NO4S/c1-4-9-20-18(21)17(25-19(20)22)11-15-14-10-13(23-2)7-5-12(14)6-8-16(15)24-3/h4-8,10-11H,1,9H2,2-3H3/b17-11+. The lowest BCUT2D eigenvalue weighted by Crippen LogP contribution is -2.27. The number of fused-ring (bicyclic) bond motifs is 1. The van der Waals surface area contributed by atoms with Crippen LogP contribution in [0.25, 0.3) is 16.8 Å². The van der Waals surface area contributed by atoms with E-state index in [1.807, 2.05) is 30.3 Å². The molecule has 0 spiro atoms. The number of carbonyl (C=O) groups is 2. The second kappa shape index (κ2) is 7.03. The van der Waals surface area contributed by atoms with Crippen molar-refractivity contribution in [2.24, 2.45) is 0 Å². The minimum atomic E-state index is -0.322. The Balaban J connectivity index is 2.15. The summed E-state index contributed by atoms with van der Waals surface area (Å²) in [4.78, 5) is 26.0. The summed E-state index contributed by atoms with van der Waals surface area (Å²) in [6.45, 7) is 3.78. The predicted octanol–water partition coefficient (Wildman–Crippen LogP) is 4.08. The average Bonchev–Trinajstić information content (AvgIpc) is 2.89. The molecular formula is C19H17NO4S. The van der Waals surface area contributed by atoms with Gasteiger partial charge in [-0.05, 0) is 46.8 Å². The highest BCUT2D eigenvalue weighted by atomic mass is 32.2. The van der Waals surface area contributed by atoms with Crippen LogP contribution in [0.5, 0.6) is 11.5 Å². The average molecular weight is 355 g/mol. The number of ether oxygens (including phenoxy) is 2. The molecule has 1 aliphatic rings. The Morgan fingerprint density at radius 3 is 2.60 bits per heavy atom. The monoisotopic (exact) mass is 355 g/mol. The van der Waals surface area contributed by atoms with Crippen LogP contribution < -0.4 is 9.47 Å². The zero-order chi connectivity index (χ0) is 18.0. The summed E-state index contributed by atoms with van der Waals surface area (Å²) >= 11 is 0.918. The van der Waals surface area contributed by atoms with E-state index in [2.05, 4.69) is 6.58 Å². The topological polar surface area (TPSA) is 55.8 Å². The summed E-state index contributed by atoms with van der Waals surface area (Å²) in [6.07, 6.45) is 3.23. The van der Waals surface area contributed by atoms with Crippen LogP contribution in [0, 0.1) is 0 Å². The molecule has 2 aromatic carbocycles. The van der Waals surface area contributed by atoms with Crippen LogP contribution in [0.1, 0.15) is 5.56 Å². The van der Waals surface area contributed by atoms with Crippen molar-refractivity contribution in [3.8, 4) is 11.5 Å². The molecule has 3 rings (SSSR count). The number of thioether (sulfide) groups is 1. The van der Waals surface area contributed by atoms with E-state index in [0.717, 1.165) is 28.1 Å². The van der Waals surface area contributed by atoms with Gasteiger partial charge in [-0.2, -0.15) is 0 Å². The lowest BCUT2D eigenvalue weighted by molar-refractivity contribution is -0.122. The molecule has 0 N–H and O–H groups in total. The first-order valence-electron chi connectivity index (χ1n) is 7.60. The fraction of sp³-hybridized carbons (Fsp3) is 0.158. The molecule has 0 radical (unpaired) electrons. The first-order chi connectivity index (χ1) is 12.1. The van der Waals surface area contributed by atoms with Crippen LogP contribution in [-0.2, 0) is 4.79 Å². The van der Waals surface area contributed by atoms with Crippen molar-refractivity contribution in [2.75, 3.05) is 20.8 Å². The molecule has 1 fully saturated rings. The number of amides is 2. The molecular weight excluding hydrogens is 338 g/mol. The van der Waals surface area contributed by atoms with Crippen molar-refractivity contribution >= 4 is 39.8 Å². The lowest BCUT2D eigenvalue weighted by Gasteiger charge is -2.11. The van der Waals surface area contributed by atoms with Crippen molar-refractivity contribution in [1.29, 1.82) is 0 Å². The van der Waals surface area contributed by atoms with E-state index in [9.17, 15) is 9.59 Å². The number of imide groups is 1. The summed E-state index contributed by atoms with van der Waals surface area (Å²) in [5, 5.41) is 1.57. The maximum absolute atomic E-state index is 12.5. The highest BCUT2D eigenvalue weighted by Crippen LogP contribution is 2.37. The van der Waals surface area contributed by atoms with Gasteiger partial charge in [0.25, 0.3) is 11.1 Å². The van der Waals surface area contributed by atoms with E-state index >= 15 is 0 Å². The number of nitrogens with zero attached hydrogens (tertiary/aromatic N) is 1. The van der Waals surface area contributed by atoms with Crippen LogP contribution in [-0.4, -0.2) is 36.8 Å². The lowest BCUT2D eigenvalue weighted by atomic mass is 10.0. The van der Waals surface area contributed by atoms with Crippen molar-refractivity contribution < 1.29 is 19.1 Å². The third-order valence-corrected chi connectivity index (χ3v) is 4.82. The molecule has 1 saturated heterocycles. The van der Waals surface area contributed by atoms with Gasteiger partial charge in [-0.25, -0.2) is 0 Å². The number of carbonyl (C=O) groups excluding carboxylic acids is 2. The Morgan fingerprint density at radius 2 is 1.92 bits per heavy atom. The molecule has 0 atom stereocenters. The van der Waals surface area contributed by atoms with Gasteiger partial charge in [-0.1, -0.05) is 18.2 Å². The molecule has 5 nitrogen and oxygen atoms in total. The minimum absolute atomic E-state index is 0.197. The van der Waals surface area contributed by atoms with Crippen molar-refractivity contribution in [2.45, 2.75) is 0 Å². The summed E-state index contributed by atoms with van der Waals surface area (Å²) in [6, 6.07) is 9.48. The van der Waals surface area contributed by atoms with Crippen LogP contribution in [0.15, 0.2) is 47.9 Å². The first kappa shape index (κ1) is 17.1. The van der Waals surface area contributed by atoms with Gasteiger partial charge >= 0.3 is 0 Å². The smallest absolute Gasteiger partial charge is 0.293 e. The molecule has 128 valence electrons. The Hall–Kier alpha value is -2.73. The maximum atomic E-state index is 12.5. The third-order valence-electron chi connectivity index (χ3n) is 3.91. The molecule has 0 saturated carbocycles. The Bertz CT molecular complexity index is 898. The van der Waals surface area contributed by atoms with Gasteiger partial charge in [0, 0.05) is 12.1 Å². The largest absolute Gasteiger partial charge is 0.497 e. The van der Waals surface area contributed by atoms with Gasteiger partial charge in [0.15, 0.2) is 0 Å². The highest BCUT2D eigenvalue weighted by molar-refractivity contribution is 8.18. The van der Waals surface area contributed by atoms with Crippen LogP contribution in [0.3, 0.4) is 0 Å². The molecule has 1 heterocycles. The zero-order valence-electron chi connectivity index (χ0n) is 13.9. The van der Waals surface area contributed by atoms with Gasteiger partial charge in [-0.15, -0.1) is 6.58 Å². The summed E-state index contributed by atoms with van der Waals surface area (Å²) < 4.78 is 10.8. The summed E-state index contributed by atoms with van der Waals surface area (Å²) in [7, 11) is 3.17. The Labute approximate surface area is 149 Å². The fourth-order valence-electron chi connectivity index (χ4n) is 2.67. The van der Waals surface area contributed by atoms with Crippen molar-refractivity contribution in [1.82, 2.24) is 4.90 Å². The van der Waals surface area contributed by atoms with E-state index < -0.39 is 0 Å². The van der Waals surface area contributed by atoms with Crippen molar-refractivity contribution in [3.63, 3.8) is 0 Å². The molecule has 0 bridgehead atoms. The van der Waals surface area contributed by atoms with Gasteiger partial charge in [0.05, 0.1) is 19.1 Å². The normalized spacial score (nSPS) is 15.9. The molecule has 0 aromatic heterocycles. The van der Waals surface area contributed by atoms with E-state index in [1.165, 1.54) is 11.0 Å². The third kappa shape index (κ3) is 3.13. The number of hydrogen-bond acceptors (Lipinski definition) is 5. The first-order valence-corrected chi connectivity index (χ1v) is 8.41. The van der Waals surface area contributed by atoms with E-state index in [1.54, 1.807) is 20.3 Å². The van der Waals surface area contributed by atoms with E-state index in [0.29, 0.717) is 16.4 Å². The molecule has 0 unspecified atom stereocenters. The minimum Gasteiger partial charge on any atom is -0.497 e. The van der Waals surface area contributed by atoms with E-state index in [-0.39, 0.29) is 17.7 Å². The van der Waals surface area contributed by atoms with Crippen molar-refractivity contribution in [3.05, 3.63) is 53.5 Å². The molecule has 2 amide bonds. The highest BCUT2D eigenvalue weighted by Gasteiger charge is 2.34.